The Hall–Kier alpha value is -3.16. The summed E-state index contributed by atoms with van der Waals surface area (Å²) in [6.45, 7) is 3.64. The molecular formula is C22H25N3O5. The maximum atomic E-state index is 12.9. The molecule has 0 aliphatic heterocycles. The number of aryl methyl sites for hydroxylation is 1. The topological polar surface area (TPSA) is 98.7 Å². The van der Waals surface area contributed by atoms with Crippen molar-refractivity contribution in [2.24, 2.45) is 5.92 Å². The van der Waals surface area contributed by atoms with Crippen LogP contribution in [0.15, 0.2) is 33.4 Å². The standard InChI is InChI=1S/C22H25N3O5/c1-13-6-8-15(9-7-13)25(3)19(26)12-29-22(27)16-11-17(18-5-4-10-28-18)23-21-20(16)14(2)24-30-21/h4-5,10-11,13,15H,6-9,12H2,1-3H3. The molecule has 0 N–H and O–H groups in total. The molecule has 8 heteroatoms. The van der Waals surface area contributed by atoms with Crippen molar-refractivity contribution in [2.75, 3.05) is 13.7 Å². The fourth-order valence-corrected chi connectivity index (χ4v) is 3.95. The molecule has 3 aromatic heterocycles. The number of nitrogens with zero attached hydrogens (tertiary/aromatic N) is 3. The second kappa shape index (κ2) is 8.30. The van der Waals surface area contributed by atoms with Crippen molar-refractivity contribution in [1.82, 2.24) is 15.0 Å². The van der Waals surface area contributed by atoms with Gasteiger partial charge in [-0.2, -0.15) is 0 Å². The summed E-state index contributed by atoms with van der Waals surface area (Å²) < 4.78 is 16.0. The minimum Gasteiger partial charge on any atom is -0.463 e. The number of hydrogen-bond donors (Lipinski definition) is 0. The van der Waals surface area contributed by atoms with E-state index in [2.05, 4.69) is 17.1 Å². The zero-order chi connectivity index (χ0) is 21.3. The number of carbonyl (C=O) groups excluding carboxylic acids is 2. The molecule has 0 atom stereocenters. The Bertz CT molecular complexity index is 1050. The smallest absolute Gasteiger partial charge is 0.339 e. The quantitative estimate of drug-likeness (QED) is 0.586. The lowest BCUT2D eigenvalue weighted by atomic mass is 9.87. The minimum atomic E-state index is -0.625. The molecule has 1 saturated carbocycles. The summed E-state index contributed by atoms with van der Waals surface area (Å²) in [5.41, 5.74) is 1.41. The highest BCUT2D eigenvalue weighted by molar-refractivity contribution is 6.04. The van der Waals surface area contributed by atoms with E-state index in [0.717, 1.165) is 25.7 Å². The summed E-state index contributed by atoms with van der Waals surface area (Å²) >= 11 is 0. The third kappa shape index (κ3) is 3.94. The van der Waals surface area contributed by atoms with Crippen molar-refractivity contribution in [1.29, 1.82) is 0 Å². The summed E-state index contributed by atoms with van der Waals surface area (Å²) in [6.07, 6.45) is 5.70. The molecule has 8 nitrogen and oxygen atoms in total. The van der Waals surface area contributed by atoms with Gasteiger partial charge in [0.05, 0.1) is 22.9 Å². The second-order valence-electron chi connectivity index (χ2n) is 7.97. The van der Waals surface area contributed by atoms with Crippen molar-refractivity contribution >= 4 is 23.0 Å². The van der Waals surface area contributed by atoms with Crippen molar-refractivity contribution < 1.29 is 23.3 Å². The third-order valence-electron chi connectivity index (χ3n) is 5.86. The van der Waals surface area contributed by atoms with Gasteiger partial charge in [-0.1, -0.05) is 12.1 Å². The Morgan fingerprint density at radius 3 is 2.73 bits per heavy atom. The average molecular weight is 411 g/mol. The van der Waals surface area contributed by atoms with Crippen LogP contribution in [0.4, 0.5) is 0 Å². The van der Waals surface area contributed by atoms with Crippen LogP contribution in [-0.2, 0) is 9.53 Å². The van der Waals surface area contributed by atoms with E-state index in [1.54, 1.807) is 37.1 Å². The van der Waals surface area contributed by atoms with Gasteiger partial charge >= 0.3 is 5.97 Å². The normalized spacial score (nSPS) is 19.0. The maximum Gasteiger partial charge on any atom is 0.339 e. The highest BCUT2D eigenvalue weighted by Gasteiger charge is 2.26. The summed E-state index contributed by atoms with van der Waals surface area (Å²) in [7, 11) is 1.78. The van der Waals surface area contributed by atoms with Gasteiger partial charge in [0, 0.05) is 13.1 Å². The largest absolute Gasteiger partial charge is 0.463 e. The lowest BCUT2D eigenvalue weighted by Gasteiger charge is -2.33. The molecule has 0 spiro atoms. The van der Waals surface area contributed by atoms with E-state index < -0.39 is 5.97 Å². The highest BCUT2D eigenvalue weighted by atomic mass is 16.5. The minimum absolute atomic E-state index is 0.200. The molecule has 1 fully saturated rings. The number of fused-ring (bicyclic) bond motifs is 1. The zero-order valence-corrected chi connectivity index (χ0v) is 17.4. The SMILES string of the molecule is Cc1noc2nc(-c3ccco3)cc(C(=O)OCC(=O)N(C)C3CCC(C)CC3)c12. The lowest BCUT2D eigenvalue weighted by molar-refractivity contribution is -0.136. The average Bonchev–Trinajstić information content (AvgIpc) is 3.41. The van der Waals surface area contributed by atoms with Crippen molar-refractivity contribution in [3.8, 4) is 11.5 Å². The van der Waals surface area contributed by atoms with E-state index >= 15 is 0 Å². The third-order valence-corrected chi connectivity index (χ3v) is 5.86. The van der Waals surface area contributed by atoms with Gasteiger partial charge in [-0.05, 0) is 56.7 Å². The van der Waals surface area contributed by atoms with Crippen LogP contribution in [0.1, 0.15) is 48.7 Å². The summed E-state index contributed by atoms with van der Waals surface area (Å²) in [6, 6.07) is 5.23. The molecule has 158 valence electrons. The zero-order valence-electron chi connectivity index (χ0n) is 17.4. The van der Waals surface area contributed by atoms with Crippen LogP contribution < -0.4 is 0 Å². The molecule has 0 unspecified atom stereocenters. The number of hydrogen-bond acceptors (Lipinski definition) is 7. The van der Waals surface area contributed by atoms with Gasteiger partial charge in [0.25, 0.3) is 11.6 Å². The molecule has 1 aliphatic rings. The van der Waals surface area contributed by atoms with Gasteiger partial charge in [0.1, 0.15) is 5.69 Å². The molecule has 1 aliphatic carbocycles. The number of furan rings is 1. The fraction of sp³-hybridized carbons (Fsp3) is 0.455. The molecule has 0 radical (unpaired) electrons. The van der Waals surface area contributed by atoms with Gasteiger partial charge < -0.3 is 18.6 Å². The highest BCUT2D eigenvalue weighted by Crippen LogP contribution is 2.28. The fourth-order valence-electron chi connectivity index (χ4n) is 3.95. The molecule has 4 rings (SSSR count). The van der Waals surface area contributed by atoms with Crippen LogP contribution in [0.25, 0.3) is 22.6 Å². The second-order valence-corrected chi connectivity index (χ2v) is 7.97. The van der Waals surface area contributed by atoms with Gasteiger partial charge in [0.15, 0.2) is 12.4 Å². The number of amides is 1. The molecule has 0 bridgehead atoms. The van der Waals surface area contributed by atoms with Crippen molar-refractivity contribution in [2.45, 2.75) is 45.6 Å². The van der Waals surface area contributed by atoms with Crippen LogP contribution in [0, 0.1) is 12.8 Å². The number of esters is 1. The summed E-state index contributed by atoms with van der Waals surface area (Å²) in [5.74, 6) is 0.358. The van der Waals surface area contributed by atoms with E-state index in [1.807, 2.05) is 0 Å². The van der Waals surface area contributed by atoms with Crippen LogP contribution in [0.2, 0.25) is 0 Å². The number of ether oxygens (including phenoxy) is 1. The van der Waals surface area contributed by atoms with E-state index in [1.165, 1.54) is 6.26 Å². The first-order chi connectivity index (χ1) is 14.4. The van der Waals surface area contributed by atoms with E-state index in [-0.39, 0.29) is 29.8 Å². The predicted octanol–water partition coefficient (Wildman–Crippen LogP) is 3.99. The van der Waals surface area contributed by atoms with Gasteiger partial charge in [-0.3, -0.25) is 4.79 Å². The Labute approximate surface area is 174 Å². The predicted molar refractivity (Wildman–Crippen MR) is 109 cm³/mol. The van der Waals surface area contributed by atoms with Crippen molar-refractivity contribution in [3.05, 3.63) is 35.7 Å². The molecular weight excluding hydrogens is 386 g/mol. The molecule has 0 saturated heterocycles. The number of carbonyl (C=O) groups is 2. The Kier molecular flexibility index (Phi) is 5.57. The molecule has 1 amide bonds. The lowest BCUT2D eigenvalue weighted by Crippen LogP contribution is -2.41. The van der Waals surface area contributed by atoms with Gasteiger partial charge in [0.2, 0.25) is 0 Å². The van der Waals surface area contributed by atoms with E-state index in [9.17, 15) is 9.59 Å². The Balaban J connectivity index is 1.50. The first-order valence-electron chi connectivity index (χ1n) is 10.2. The first-order valence-corrected chi connectivity index (χ1v) is 10.2. The van der Waals surface area contributed by atoms with Crippen LogP contribution in [0.3, 0.4) is 0 Å². The Morgan fingerprint density at radius 2 is 2.03 bits per heavy atom. The number of likely N-dealkylation sites (N-methyl/N-ethyl adjacent to an activating group) is 1. The van der Waals surface area contributed by atoms with E-state index in [4.69, 9.17) is 13.7 Å². The van der Waals surface area contributed by atoms with Crippen LogP contribution in [0.5, 0.6) is 0 Å². The monoisotopic (exact) mass is 411 g/mol. The molecule has 3 aromatic rings. The van der Waals surface area contributed by atoms with E-state index in [0.29, 0.717) is 28.5 Å². The number of rotatable bonds is 5. The summed E-state index contributed by atoms with van der Waals surface area (Å²) in [4.78, 5) is 31.5. The first kappa shape index (κ1) is 20.1. The van der Waals surface area contributed by atoms with Gasteiger partial charge in [-0.15, -0.1) is 0 Å². The van der Waals surface area contributed by atoms with Gasteiger partial charge in [-0.25, -0.2) is 9.78 Å². The summed E-state index contributed by atoms with van der Waals surface area (Å²) in [5, 5.41) is 4.37. The van der Waals surface area contributed by atoms with Crippen LogP contribution in [-0.4, -0.2) is 46.6 Å². The van der Waals surface area contributed by atoms with Crippen molar-refractivity contribution in [3.63, 3.8) is 0 Å². The molecule has 0 aromatic carbocycles. The Morgan fingerprint density at radius 1 is 1.27 bits per heavy atom. The maximum absolute atomic E-state index is 12.9. The molecule has 3 heterocycles. The van der Waals surface area contributed by atoms with Crippen LogP contribution >= 0.6 is 0 Å². The number of pyridine rings is 1. The number of aromatic nitrogens is 2. The molecule has 30 heavy (non-hydrogen) atoms.